The molecule has 0 bridgehead atoms. The third kappa shape index (κ3) is 3.19. The largest absolute Gasteiger partial charge is 0.351 e. The molecule has 0 radical (unpaired) electrons. The highest BCUT2D eigenvalue weighted by molar-refractivity contribution is 7.12. The number of thiophene rings is 1. The summed E-state index contributed by atoms with van der Waals surface area (Å²) in [6.45, 7) is 1.26. The van der Waals surface area contributed by atoms with Crippen LogP contribution in [-0.2, 0) is 7.05 Å². The summed E-state index contributed by atoms with van der Waals surface area (Å²) < 4.78 is 2.20. The molecule has 5 nitrogen and oxygen atoms in total. The van der Waals surface area contributed by atoms with E-state index in [9.17, 15) is 4.79 Å². The second kappa shape index (κ2) is 7.80. The quantitative estimate of drug-likeness (QED) is 0.406. The predicted octanol–water partition coefficient (Wildman–Crippen LogP) is 4.60. The number of hydrogen-bond acceptors (Lipinski definition) is 3. The normalized spacial score (nSPS) is 12.2. The second-order valence-electron chi connectivity index (χ2n) is 7.29. The number of amides is 1. The van der Waals surface area contributed by atoms with Crippen LogP contribution in [-0.4, -0.2) is 28.5 Å². The number of benzene rings is 2. The Balaban J connectivity index is 1.52. The molecule has 0 spiro atoms. The second-order valence-corrected chi connectivity index (χ2v) is 8.24. The molecule has 0 aliphatic rings. The average molecular weight is 415 g/mol. The predicted molar refractivity (Wildman–Crippen MR) is 124 cm³/mol. The highest BCUT2D eigenvalue weighted by Crippen LogP contribution is 2.25. The summed E-state index contributed by atoms with van der Waals surface area (Å²) in [6, 6.07) is 20.5. The Bertz CT molecular complexity index is 1430. The number of para-hydroxylation sites is 2. The molecule has 0 aliphatic heterocycles. The van der Waals surface area contributed by atoms with E-state index in [4.69, 9.17) is 4.99 Å². The van der Waals surface area contributed by atoms with Gasteiger partial charge in [-0.05, 0) is 30.0 Å². The third-order valence-corrected chi connectivity index (χ3v) is 6.28. The van der Waals surface area contributed by atoms with Gasteiger partial charge in [0.05, 0.1) is 21.1 Å². The molecule has 0 saturated heterocycles. The Labute approximate surface area is 177 Å². The molecule has 1 amide bonds. The van der Waals surface area contributed by atoms with Crippen molar-refractivity contribution >= 4 is 50.1 Å². The number of aromatic nitrogens is 2. The van der Waals surface area contributed by atoms with Gasteiger partial charge in [0, 0.05) is 36.4 Å². The van der Waals surface area contributed by atoms with E-state index in [1.807, 2.05) is 23.6 Å². The fourth-order valence-electron chi connectivity index (χ4n) is 3.97. The van der Waals surface area contributed by atoms with Crippen molar-refractivity contribution < 1.29 is 4.79 Å². The summed E-state index contributed by atoms with van der Waals surface area (Å²) in [6.07, 6.45) is 0.788. The molecule has 0 atom stereocenters. The van der Waals surface area contributed by atoms with Crippen LogP contribution in [0.3, 0.4) is 0 Å². The lowest BCUT2D eigenvalue weighted by Gasteiger charge is -2.09. The molecule has 0 saturated carbocycles. The minimum absolute atomic E-state index is 0.0128. The van der Waals surface area contributed by atoms with Crippen molar-refractivity contribution in [2.45, 2.75) is 6.42 Å². The van der Waals surface area contributed by atoms with E-state index in [-0.39, 0.29) is 5.91 Å². The molecule has 3 aromatic heterocycles. The van der Waals surface area contributed by atoms with Gasteiger partial charge in [0.2, 0.25) is 0 Å². The van der Waals surface area contributed by atoms with Crippen LogP contribution in [0, 0.1) is 0 Å². The van der Waals surface area contributed by atoms with E-state index in [0.717, 1.165) is 44.1 Å². The number of nitrogens with zero attached hydrogens (tertiary/aromatic N) is 2. The zero-order valence-electron chi connectivity index (χ0n) is 16.7. The maximum atomic E-state index is 12.1. The molecule has 3 heterocycles. The molecule has 5 rings (SSSR count). The van der Waals surface area contributed by atoms with E-state index >= 15 is 0 Å². The van der Waals surface area contributed by atoms with E-state index in [1.54, 1.807) is 0 Å². The van der Waals surface area contributed by atoms with Crippen molar-refractivity contribution in [2.75, 3.05) is 13.1 Å². The first-order valence-electron chi connectivity index (χ1n) is 10.0. The van der Waals surface area contributed by atoms with Crippen LogP contribution in [0.25, 0.3) is 32.8 Å². The van der Waals surface area contributed by atoms with Crippen molar-refractivity contribution in [1.82, 2.24) is 14.9 Å². The van der Waals surface area contributed by atoms with Crippen LogP contribution < -0.4 is 10.7 Å². The molecule has 5 aromatic rings. The fourth-order valence-corrected chi connectivity index (χ4v) is 4.61. The molecule has 30 heavy (non-hydrogen) atoms. The lowest BCUT2D eigenvalue weighted by molar-refractivity contribution is 0.0957. The van der Waals surface area contributed by atoms with Crippen LogP contribution in [0.4, 0.5) is 0 Å². The highest BCUT2D eigenvalue weighted by atomic mass is 32.1. The number of hydrogen-bond donors (Lipinski definition) is 2. The van der Waals surface area contributed by atoms with E-state index in [1.165, 1.54) is 16.7 Å². The Morgan fingerprint density at radius 1 is 1.07 bits per heavy atom. The van der Waals surface area contributed by atoms with Crippen LogP contribution in [0.15, 0.2) is 71.0 Å². The molecule has 150 valence electrons. The summed E-state index contributed by atoms with van der Waals surface area (Å²) in [7, 11) is 2.09. The molecule has 0 aliphatic carbocycles. The number of aryl methyl sites for hydroxylation is 1. The zero-order chi connectivity index (χ0) is 20.5. The number of carbonyl (C=O) groups excluding carboxylic acids is 1. The van der Waals surface area contributed by atoms with Gasteiger partial charge in [0.25, 0.3) is 5.91 Å². The lowest BCUT2D eigenvalue weighted by atomic mass is 10.1. The van der Waals surface area contributed by atoms with Crippen molar-refractivity contribution in [3.8, 4) is 0 Å². The highest BCUT2D eigenvalue weighted by Gasteiger charge is 2.12. The van der Waals surface area contributed by atoms with E-state index in [0.29, 0.717) is 13.1 Å². The number of rotatable bonds is 5. The molecule has 2 N–H and O–H groups in total. The third-order valence-electron chi connectivity index (χ3n) is 5.41. The van der Waals surface area contributed by atoms with Crippen molar-refractivity contribution in [1.29, 1.82) is 0 Å². The molecule has 2 aromatic carbocycles. The summed E-state index contributed by atoms with van der Waals surface area (Å²) in [5.74, 6) is -0.0128. The summed E-state index contributed by atoms with van der Waals surface area (Å²) in [4.78, 5) is 21.4. The van der Waals surface area contributed by atoms with Crippen LogP contribution in [0.2, 0.25) is 0 Å². The molecule has 0 unspecified atom stereocenters. The van der Waals surface area contributed by atoms with Crippen LogP contribution >= 0.6 is 11.3 Å². The Hall–Kier alpha value is -3.38. The van der Waals surface area contributed by atoms with Gasteiger partial charge in [-0.1, -0.05) is 42.5 Å². The number of carbonyl (C=O) groups is 1. The minimum Gasteiger partial charge on any atom is -0.351 e. The van der Waals surface area contributed by atoms with Gasteiger partial charge < -0.3 is 14.9 Å². The molecule has 6 heteroatoms. The standard InChI is InChI=1S/C24H22N4OS/c1-28-19-11-5-3-9-17(19)22(21-16-8-2-4-10-18(16)27-23(21)28)25-13-7-14-26-24(29)20-12-6-15-30-20/h2-6,8-12,15,27H,7,13-14H2,1H3,(H,26,29). The lowest BCUT2D eigenvalue weighted by Crippen LogP contribution is -2.24. The van der Waals surface area contributed by atoms with Gasteiger partial charge in [-0.25, -0.2) is 0 Å². The maximum absolute atomic E-state index is 12.1. The Morgan fingerprint density at radius 2 is 1.87 bits per heavy atom. The van der Waals surface area contributed by atoms with E-state index < -0.39 is 0 Å². The van der Waals surface area contributed by atoms with Crippen molar-refractivity contribution in [3.63, 3.8) is 0 Å². The number of fused-ring (bicyclic) bond motifs is 4. The number of aromatic amines is 1. The fraction of sp³-hybridized carbons (Fsp3) is 0.167. The minimum atomic E-state index is -0.0128. The SMILES string of the molecule is Cn1c2ccccc2c(=NCCCNC(=O)c2cccs2)c2c3ccccc3[nH]c21. The first-order chi connectivity index (χ1) is 14.7. The molecule has 0 fully saturated rings. The number of pyridine rings is 1. The zero-order valence-corrected chi connectivity index (χ0v) is 17.5. The van der Waals surface area contributed by atoms with E-state index in [2.05, 4.69) is 64.4 Å². The first kappa shape index (κ1) is 18.6. The Kier molecular flexibility index (Phi) is 4.85. The maximum Gasteiger partial charge on any atom is 0.261 e. The summed E-state index contributed by atoms with van der Waals surface area (Å²) in [5.41, 5.74) is 3.32. The first-order valence-corrected chi connectivity index (χ1v) is 10.9. The number of nitrogens with one attached hydrogen (secondary N) is 2. The van der Waals surface area contributed by atoms with Gasteiger partial charge in [0.15, 0.2) is 0 Å². The topological polar surface area (TPSA) is 62.2 Å². The van der Waals surface area contributed by atoms with Crippen molar-refractivity contribution in [3.05, 3.63) is 76.3 Å². The van der Waals surface area contributed by atoms with Crippen molar-refractivity contribution in [2.24, 2.45) is 12.0 Å². The van der Waals surface area contributed by atoms with Gasteiger partial charge in [-0.3, -0.25) is 9.79 Å². The van der Waals surface area contributed by atoms with Gasteiger partial charge in [-0.15, -0.1) is 11.3 Å². The monoisotopic (exact) mass is 414 g/mol. The van der Waals surface area contributed by atoms with Gasteiger partial charge in [-0.2, -0.15) is 0 Å². The molecular weight excluding hydrogens is 392 g/mol. The average Bonchev–Trinajstić information content (AvgIpc) is 3.44. The van der Waals surface area contributed by atoms with Crippen LogP contribution in [0.5, 0.6) is 0 Å². The number of H-pyrrole nitrogens is 1. The summed E-state index contributed by atoms with van der Waals surface area (Å²) >= 11 is 1.46. The van der Waals surface area contributed by atoms with Gasteiger partial charge in [0.1, 0.15) is 5.65 Å². The smallest absolute Gasteiger partial charge is 0.261 e. The van der Waals surface area contributed by atoms with Gasteiger partial charge >= 0.3 is 0 Å². The van der Waals surface area contributed by atoms with Crippen LogP contribution in [0.1, 0.15) is 16.1 Å². The molecular formula is C24H22N4OS. The Morgan fingerprint density at radius 3 is 2.70 bits per heavy atom. The summed E-state index contributed by atoms with van der Waals surface area (Å²) in [5, 5.41) is 9.37.